The van der Waals surface area contributed by atoms with Gasteiger partial charge in [0.1, 0.15) is 0 Å². The lowest BCUT2D eigenvalue weighted by Crippen LogP contribution is -2.46. The molecule has 0 spiro atoms. The van der Waals surface area contributed by atoms with E-state index in [-0.39, 0.29) is 5.60 Å². The largest absolute Gasteiger partial charge is 0.375 e. The van der Waals surface area contributed by atoms with Crippen molar-refractivity contribution in [1.82, 2.24) is 10.2 Å². The van der Waals surface area contributed by atoms with E-state index in [4.69, 9.17) is 4.74 Å². The molecule has 0 aliphatic carbocycles. The summed E-state index contributed by atoms with van der Waals surface area (Å²) in [5.74, 6) is 0. The van der Waals surface area contributed by atoms with Crippen molar-refractivity contribution >= 4 is 0 Å². The van der Waals surface area contributed by atoms with Crippen molar-refractivity contribution in [2.24, 2.45) is 0 Å². The molecule has 2 atom stereocenters. The molecule has 1 N–H and O–H groups in total. The van der Waals surface area contributed by atoms with Gasteiger partial charge in [-0.3, -0.25) is 0 Å². The first kappa shape index (κ1) is 14.9. The van der Waals surface area contributed by atoms with Crippen LogP contribution in [0.3, 0.4) is 0 Å². The maximum absolute atomic E-state index is 5.73. The van der Waals surface area contributed by atoms with Crippen LogP contribution in [-0.4, -0.2) is 49.3 Å². The first-order valence-electron chi connectivity index (χ1n) is 7.02. The first-order chi connectivity index (χ1) is 7.94. The van der Waals surface area contributed by atoms with Gasteiger partial charge in [-0.1, -0.05) is 6.92 Å². The zero-order chi connectivity index (χ0) is 12.9. The third-order valence-corrected chi connectivity index (χ3v) is 3.94. The highest BCUT2D eigenvalue weighted by Gasteiger charge is 2.28. The fraction of sp³-hybridized carbons (Fsp3) is 1.00. The lowest BCUT2D eigenvalue weighted by atomic mass is 9.94. The van der Waals surface area contributed by atoms with Crippen LogP contribution in [0.4, 0.5) is 0 Å². The van der Waals surface area contributed by atoms with E-state index in [0.29, 0.717) is 12.1 Å². The van der Waals surface area contributed by atoms with Crippen molar-refractivity contribution in [2.75, 3.05) is 26.7 Å². The molecule has 1 rings (SSSR count). The molecule has 0 aromatic rings. The van der Waals surface area contributed by atoms with Crippen molar-refractivity contribution in [1.29, 1.82) is 0 Å². The molecule has 0 aromatic carbocycles. The molecule has 0 radical (unpaired) electrons. The van der Waals surface area contributed by atoms with E-state index in [1.54, 1.807) is 0 Å². The van der Waals surface area contributed by atoms with Crippen LogP contribution < -0.4 is 5.32 Å². The van der Waals surface area contributed by atoms with Gasteiger partial charge >= 0.3 is 0 Å². The predicted octanol–water partition coefficient (Wildman–Crippen LogP) is 2.26. The molecule has 3 nitrogen and oxygen atoms in total. The van der Waals surface area contributed by atoms with Gasteiger partial charge in [-0.15, -0.1) is 0 Å². The van der Waals surface area contributed by atoms with Crippen molar-refractivity contribution in [2.45, 2.75) is 64.6 Å². The number of hydrogen-bond acceptors (Lipinski definition) is 3. The predicted molar refractivity (Wildman–Crippen MR) is 73.4 cm³/mol. The van der Waals surface area contributed by atoms with E-state index < -0.39 is 0 Å². The zero-order valence-corrected chi connectivity index (χ0v) is 12.3. The number of ether oxygens (including phenoxy) is 1. The molecule has 102 valence electrons. The molecule has 0 bridgehead atoms. The molecular formula is C14H30N2O. The summed E-state index contributed by atoms with van der Waals surface area (Å²) in [5, 5.41) is 3.67. The molecule has 1 fully saturated rings. The monoisotopic (exact) mass is 242 g/mol. The third-order valence-electron chi connectivity index (χ3n) is 3.94. The average molecular weight is 242 g/mol. The van der Waals surface area contributed by atoms with Gasteiger partial charge in [0.15, 0.2) is 0 Å². The SMILES string of the molecule is CCC(C)N(C)CCNC1CCOC(C)(C)C1. The second kappa shape index (κ2) is 6.72. The topological polar surface area (TPSA) is 24.5 Å². The third kappa shape index (κ3) is 5.36. The van der Waals surface area contributed by atoms with E-state index in [2.05, 4.69) is 45.0 Å². The van der Waals surface area contributed by atoms with Crippen molar-refractivity contribution in [3.05, 3.63) is 0 Å². The number of rotatable bonds is 6. The molecule has 1 aliphatic rings. The van der Waals surface area contributed by atoms with E-state index in [1.807, 2.05) is 0 Å². The van der Waals surface area contributed by atoms with Crippen molar-refractivity contribution in [3.63, 3.8) is 0 Å². The van der Waals surface area contributed by atoms with E-state index in [0.717, 1.165) is 32.5 Å². The Balaban J connectivity index is 2.18. The summed E-state index contributed by atoms with van der Waals surface area (Å²) in [6, 6.07) is 1.31. The van der Waals surface area contributed by atoms with Gasteiger partial charge in [-0.2, -0.15) is 0 Å². The molecule has 2 unspecified atom stereocenters. The van der Waals surface area contributed by atoms with Crippen molar-refractivity contribution in [3.8, 4) is 0 Å². The minimum atomic E-state index is 0.0541. The van der Waals surface area contributed by atoms with Gasteiger partial charge in [0, 0.05) is 31.8 Å². The van der Waals surface area contributed by atoms with Crippen LogP contribution in [0.5, 0.6) is 0 Å². The quantitative estimate of drug-likeness (QED) is 0.773. The van der Waals surface area contributed by atoms with E-state index in [1.165, 1.54) is 6.42 Å². The normalized spacial score (nSPS) is 26.1. The average Bonchev–Trinajstić information content (AvgIpc) is 2.26. The van der Waals surface area contributed by atoms with Crippen LogP contribution in [0.15, 0.2) is 0 Å². The summed E-state index contributed by atoms with van der Waals surface area (Å²) in [5.41, 5.74) is 0.0541. The summed E-state index contributed by atoms with van der Waals surface area (Å²) in [6.07, 6.45) is 3.50. The minimum Gasteiger partial charge on any atom is -0.375 e. The van der Waals surface area contributed by atoms with Crippen LogP contribution in [0.1, 0.15) is 47.0 Å². The second-order valence-electron chi connectivity index (χ2n) is 5.99. The highest BCUT2D eigenvalue weighted by Crippen LogP contribution is 2.23. The number of hydrogen-bond donors (Lipinski definition) is 1. The number of nitrogens with zero attached hydrogens (tertiary/aromatic N) is 1. The molecule has 1 saturated heterocycles. The van der Waals surface area contributed by atoms with Crippen molar-refractivity contribution < 1.29 is 4.74 Å². The Morgan fingerprint density at radius 2 is 2.18 bits per heavy atom. The molecule has 17 heavy (non-hydrogen) atoms. The van der Waals surface area contributed by atoms with Crippen LogP contribution in [0, 0.1) is 0 Å². The lowest BCUT2D eigenvalue weighted by Gasteiger charge is -2.36. The maximum atomic E-state index is 5.73. The smallest absolute Gasteiger partial charge is 0.0641 e. The Kier molecular flexibility index (Phi) is 5.90. The molecule has 0 aromatic heterocycles. The van der Waals surface area contributed by atoms with Gasteiger partial charge in [0.2, 0.25) is 0 Å². The Hall–Kier alpha value is -0.120. The van der Waals surface area contributed by atoms with E-state index >= 15 is 0 Å². The second-order valence-corrected chi connectivity index (χ2v) is 5.99. The molecule has 3 heteroatoms. The Labute approximate surface area is 107 Å². The van der Waals surface area contributed by atoms with E-state index in [9.17, 15) is 0 Å². The fourth-order valence-corrected chi connectivity index (χ4v) is 2.38. The lowest BCUT2D eigenvalue weighted by molar-refractivity contribution is -0.0629. The van der Waals surface area contributed by atoms with Crippen LogP contribution in [0.2, 0.25) is 0 Å². The van der Waals surface area contributed by atoms with Crippen LogP contribution in [0.25, 0.3) is 0 Å². The first-order valence-corrected chi connectivity index (χ1v) is 7.02. The summed E-state index contributed by atoms with van der Waals surface area (Å²) in [4.78, 5) is 2.43. The van der Waals surface area contributed by atoms with Gasteiger partial charge in [-0.25, -0.2) is 0 Å². The Morgan fingerprint density at radius 3 is 2.76 bits per heavy atom. The molecule has 1 heterocycles. The number of nitrogens with one attached hydrogen (secondary N) is 1. The van der Waals surface area contributed by atoms with Gasteiger partial charge in [-0.05, 0) is 47.1 Å². The van der Waals surface area contributed by atoms with Crippen LogP contribution >= 0.6 is 0 Å². The Bertz CT molecular complexity index is 218. The maximum Gasteiger partial charge on any atom is 0.0641 e. The molecular weight excluding hydrogens is 212 g/mol. The summed E-state index contributed by atoms with van der Waals surface area (Å²) in [6.45, 7) is 12.0. The Morgan fingerprint density at radius 1 is 1.47 bits per heavy atom. The van der Waals surface area contributed by atoms with Gasteiger partial charge < -0.3 is 15.0 Å². The molecule has 0 amide bonds. The molecule has 1 aliphatic heterocycles. The minimum absolute atomic E-state index is 0.0541. The fourth-order valence-electron chi connectivity index (χ4n) is 2.38. The standard InChI is InChI=1S/C14H30N2O/c1-6-12(2)16(5)9-8-15-13-7-10-17-14(3,4)11-13/h12-13,15H,6-11H2,1-5H3. The zero-order valence-electron chi connectivity index (χ0n) is 12.3. The molecule has 0 saturated carbocycles. The highest BCUT2D eigenvalue weighted by molar-refractivity contribution is 4.83. The summed E-state index contributed by atoms with van der Waals surface area (Å²) in [7, 11) is 2.21. The highest BCUT2D eigenvalue weighted by atomic mass is 16.5. The summed E-state index contributed by atoms with van der Waals surface area (Å²) < 4.78 is 5.73. The summed E-state index contributed by atoms with van der Waals surface area (Å²) >= 11 is 0. The van der Waals surface area contributed by atoms with Crippen LogP contribution in [-0.2, 0) is 4.74 Å². The number of likely N-dealkylation sites (N-methyl/N-ethyl adjacent to an activating group) is 1. The van der Waals surface area contributed by atoms with Gasteiger partial charge in [0.25, 0.3) is 0 Å². The van der Waals surface area contributed by atoms with Gasteiger partial charge in [0.05, 0.1) is 5.60 Å².